The van der Waals surface area contributed by atoms with Gasteiger partial charge in [-0.2, -0.15) is 0 Å². The first kappa shape index (κ1) is 15.0. The normalized spacial score (nSPS) is 31.4. The summed E-state index contributed by atoms with van der Waals surface area (Å²) in [6.07, 6.45) is 9.53. The highest BCUT2D eigenvalue weighted by Crippen LogP contribution is 2.32. The lowest BCUT2D eigenvalue weighted by Gasteiger charge is -2.31. The van der Waals surface area contributed by atoms with Crippen molar-refractivity contribution in [2.24, 2.45) is 17.8 Å². The summed E-state index contributed by atoms with van der Waals surface area (Å²) in [4.78, 5) is 0. The van der Waals surface area contributed by atoms with E-state index in [0.717, 1.165) is 18.8 Å². The van der Waals surface area contributed by atoms with E-state index in [0.29, 0.717) is 18.4 Å². The van der Waals surface area contributed by atoms with Crippen LogP contribution in [0.25, 0.3) is 0 Å². The molecule has 0 bridgehead atoms. The summed E-state index contributed by atoms with van der Waals surface area (Å²) in [7, 11) is 0. The van der Waals surface area contributed by atoms with Crippen LogP contribution < -0.4 is 0 Å². The van der Waals surface area contributed by atoms with Crippen LogP contribution in [0.15, 0.2) is 0 Å². The van der Waals surface area contributed by atoms with Crippen LogP contribution in [0.5, 0.6) is 0 Å². The van der Waals surface area contributed by atoms with E-state index in [2.05, 4.69) is 13.8 Å². The molecule has 0 heterocycles. The van der Waals surface area contributed by atoms with Gasteiger partial charge in [0.2, 0.25) is 0 Å². The molecule has 1 rings (SSSR count). The molecule has 0 spiro atoms. The van der Waals surface area contributed by atoms with Gasteiger partial charge in [-0.05, 0) is 37.0 Å². The molecule has 2 nitrogen and oxygen atoms in total. The van der Waals surface area contributed by atoms with Crippen molar-refractivity contribution in [2.75, 3.05) is 6.61 Å². The van der Waals surface area contributed by atoms with Gasteiger partial charge in [0.1, 0.15) is 0 Å². The summed E-state index contributed by atoms with van der Waals surface area (Å²) in [5, 5.41) is 18.7. The molecular formula is C15H30O2. The Kier molecular flexibility index (Phi) is 7.14. The van der Waals surface area contributed by atoms with Crippen molar-refractivity contribution in [3.8, 4) is 0 Å². The van der Waals surface area contributed by atoms with Gasteiger partial charge in [0, 0.05) is 6.61 Å². The maximum Gasteiger partial charge on any atom is 0.0568 e. The van der Waals surface area contributed by atoms with E-state index in [4.69, 9.17) is 5.11 Å². The van der Waals surface area contributed by atoms with E-state index in [9.17, 15) is 5.11 Å². The summed E-state index contributed by atoms with van der Waals surface area (Å²) in [5.41, 5.74) is 0. The van der Waals surface area contributed by atoms with Crippen molar-refractivity contribution in [3.63, 3.8) is 0 Å². The molecule has 0 radical (unpaired) electrons. The summed E-state index contributed by atoms with van der Waals surface area (Å²) in [5.74, 6) is 1.93. The fourth-order valence-corrected chi connectivity index (χ4v) is 2.94. The van der Waals surface area contributed by atoms with Crippen LogP contribution in [0.3, 0.4) is 0 Å². The molecule has 4 unspecified atom stereocenters. The molecule has 102 valence electrons. The van der Waals surface area contributed by atoms with Gasteiger partial charge in [-0.1, -0.05) is 46.0 Å². The molecule has 0 aromatic heterocycles. The molecule has 1 aliphatic carbocycles. The first-order chi connectivity index (χ1) is 8.13. The third-order valence-corrected chi connectivity index (χ3v) is 4.44. The molecule has 2 heteroatoms. The van der Waals surface area contributed by atoms with Crippen molar-refractivity contribution >= 4 is 0 Å². The highest BCUT2D eigenvalue weighted by atomic mass is 16.3. The zero-order valence-electron chi connectivity index (χ0n) is 11.6. The SMILES string of the molecule is CC(CCO)CCCCC1CCC(C)C(O)C1. The van der Waals surface area contributed by atoms with Crippen LogP contribution in [-0.4, -0.2) is 22.9 Å². The van der Waals surface area contributed by atoms with Crippen LogP contribution in [0.1, 0.15) is 65.2 Å². The van der Waals surface area contributed by atoms with Crippen molar-refractivity contribution in [1.82, 2.24) is 0 Å². The van der Waals surface area contributed by atoms with Crippen molar-refractivity contribution in [1.29, 1.82) is 0 Å². The maximum atomic E-state index is 9.84. The van der Waals surface area contributed by atoms with Gasteiger partial charge in [-0.15, -0.1) is 0 Å². The molecule has 4 atom stereocenters. The average molecular weight is 242 g/mol. The Balaban J connectivity index is 2.03. The van der Waals surface area contributed by atoms with Crippen LogP contribution >= 0.6 is 0 Å². The number of hydrogen-bond donors (Lipinski definition) is 2. The third kappa shape index (κ3) is 5.87. The van der Waals surface area contributed by atoms with E-state index < -0.39 is 0 Å². The molecule has 0 aromatic carbocycles. The monoisotopic (exact) mass is 242 g/mol. The van der Waals surface area contributed by atoms with Gasteiger partial charge >= 0.3 is 0 Å². The first-order valence-corrected chi connectivity index (χ1v) is 7.42. The van der Waals surface area contributed by atoms with Crippen LogP contribution in [0.2, 0.25) is 0 Å². The summed E-state index contributed by atoms with van der Waals surface area (Å²) in [6.45, 7) is 4.72. The number of aliphatic hydroxyl groups excluding tert-OH is 2. The van der Waals surface area contributed by atoms with E-state index >= 15 is 0 Å². The molecule has 1 aliphatic rings. The van der Waals surface area contributed by atoms with Gasteiger partial charge in [0.15, 0.2) is 0 Å². The molecule has 0 saturated heterocycles. The lowest BCUT2D eigenvalue weighted by atomic mass is 9.78. The van der Waals surface area contributed by atoms with Gasteiger partial charge in [0.05, 0.1) is 6.10 Å². The molecule has 0 aromatic rings. The minimum absolute atomic E-state index is 0.0536. The smallest absolute Gasteiger partial charge is 0.0568 e. The molecular weight excluding hydrogens is 212 g/mol. The van der Waals surface area contributed by atoms with Gasteiger partial charge in [0.25, 0.3) is 0 Å². The minimum atomic E-state index is -0.0536. The number of rotatable bonds is 7. The topological polar surface area (TPSA) is 40.5 Å². The van der Waals surface area contributed by atoms with E-state index in [-0.39, 0.29) is 6.10 Å². The van der Waals surface area contributed by atoms with Crippen LogP contribution in [0.4, 0.5) is 0 Å². The third-order valence-electron chi connectivity index (χ3n) is 4.44. The highest BCUT2D eigenvalue weighted by molar-refractivity contribution is 4.77. The van der Waals surface area contributed by atoms with Gasteiger partial charge in [-0.25, -0.2) is 0 Å². The fraction of sp³-hybridized carbons (Fsp3) is 1.00. The molecule has 2 N–H and O–H groups in total. The lowest BCUT2D eigenvalue weighted by Crippen LogP contribution is -2.27. The number of unbranched alkanes of at least 4 members (excludes halogenated alkanes) is 1. The Labute approximate surface area is 106 Å². The number of aliphatic hydroxyl groups is 2. The largest absolute Gasteiger partial charge is 0.396 e. The van der Waals surface area contributed by atoms with Crippen molar-refractivity contribution < 1.29 is 10.2 Å². The van der Waals surface area contributed by atoms with Crippen molar-refractivity contribution in [3.05, 3.63) is 0 Å². The summed E-state index contributed by atoms with van der Waals surface area (Å²) >= 11 is 0. The molecule has 17 heavy (non-hydrogen) atoms. The Bertz CT molecular complexity index is 193. The first-order valence-electron chi connectivity index (χ1n) is 7.42. The molecule has 0 aliphatic heterocycles. The van der Waals surface area contributed by atoms with Gasteiger partial charge in [-0.3, -0.25) is 0 Å². The highest BCUT2D eigenvalue weighted by Gasteiger charge is 2.25. The lowest BCUT2D eigenvalue weighted by molar-refractivity contribution is 0.0504. The Morgan fingerprint density at radius 2 is 1.94 bits per heavy atom. The van der Waals surface area contributed by atoms with E-state index in [1.54, 1.807) is 0 Å². The molecule has 1 saturated carbocycles. The average Bonchev–Trinajstić information content (AvgIpc) is 2.29. The van der Waals surface area contributed by atoms with Crippen molar-refractivity contribution in [2.45, 2.75) is 71.3 Å². The zero-order valence-corrected chi connectivity index (χ0v) is 11.6. The van der Waals surface area contributed by atoms with Crippen LogP contribution in [-0.2, 0) is 0 Å². The van der Waals surface area contributed by atoms with E-state index in [1.165, 1.54) is 38.5 Å². The second-order valence-corrected chi connectivity index (χ2v) is 6.13. The second kappa shape index (κ2) is 8.10. The maximum absolute atomic E-state index is 9.84. The number of hydrogen-bond acceptors (Lipinski definition) is 2. The quantitative estimate of drug-likeness (QED) is 0.672. The summed E-state index contributed by atoms with van der Waals surface area (Å²) < 4.78 is 0. The summed E-state index contributed by atoms with van der Waals surface area (Å²) in [6, 6.07) is 0. The Morgan fingerprint density at radius 3 is 2.59 bits per heavy atom. The predicted octanol–water partition coefficient (Wildman–Crippen LogP) is 3.36. The molecule has 1 fully saturated rings. The second-order valence-electron chi connectivity index (χ2n) is 6.13. The zero-order chi connectivity index (χ0) is 12.7. The van der Waals surface area contributed by atoms with Crippen LogP contribution in [0, 0.1) is 17.8 Å². The van der Waals surface area contributed by atoms with E-state index in [1.807, 2.05) is 0 Å². The predicted molar refractivity (Wildman–Crippen MR) is 71.8 cm³/mol. The Hall–Kier alpha value is -0.0800. The standard InChI is InChI=1S/C15H30O2/c1-12(9-10-16)5-3-4-6-14-8-7-13(2)15(17)11-14/h12-17H,3-11H2,1-2H3. The Morgan fingerprint density at radius 1 is 1.18 bits per heavy atom. The minimum Gasteiger partial charge on any atom is -0.396 e. The fourth-order valence-electron chi connectivity index (χ4n) is 2.94. The van der Waals surface area contributed by atoms with Gasteiger partial charge < -0.3 is 10.2 Å². The molecule has 0 amide bonds.